The number of aromatic nitrogens is 2. The number of hydrogen-bond acceptors (Lipinski definition) is 5. The van der Waals surface area contributed by atoms with Crippen LogP contribution < -0.4 is 10.2 Å². The fourth-order valence-corrected chi connectivity index (χ4v) is 3.02. The van der Waals surface area contributed by atoms with Crippen molar-refractivity contribution < 1.29 is 32.3 Å². The van der Waals surface area contributed by atoms with Crippen LogP contribution in [0.15, 0.2) is 24.3 Å². The third-order valence-electron chi connectivity index (χ3n) is 4.45. The quantitative estimate of drug-likeness (QED) is 0.719. The average Bonchev–Trinajstić information content (AvgIpc) is 3.14. The van der Waals surface area contributed by atoms with Gasteiger partial charge in [-0.2, -0.15) is 18.3 Å². The minimum absolute atomic E-state index is 0.00436. The van der Waals surface area contributed by atoms with Gasteiger partial charge in [-0.05, 0) is 37.6 Å². The van der Waals surface area contributed by atoms with Crippen LogP contribution in [-0.2, 0) is 26.9 Å². The zero-order valence-corrected chi connectivity index (χ0v) is 16.2. The number of aryl methyl sites for hydroxylation is 1. The van der Waals surface area contributed by atoms with Crippen molar-refractivity contribution in [1.82, 2.24) is 10.2 Å². The van der Waals surface area contributed by atoms with E-state index in [1.807, 2.05) is 6.92 Å². The highest BCUT2D eigenvalue weighted by Gasteiger charge is 2.35. The van der Waals surface area contributed by atoms with Crippen LogP contribution in [0.4, 0.5) is 24.5 Å². The standard InChI is InChI=1S/C19H19F3N4O4/c1-3-4-12-8-14(25-24-12)18(29)30-10(2)17(28)26-9-16(27)23-13-7-11(19(20,21)22)5-6-15(13)26/h5-8,10H,3-4,9H2,1-2H3,(H,23,27)(H,24,25). The number of ether oxygens (including phenoxy) is 1. The van der Waals surface area contributed by atoms with E-state index in [2.05, 4.69) is 15.5 Å². The number of rotatable bonds is 5. The molecule has 11 heteroatoms. The summed E-state index contributed by atoms with van der Waals surface area (Å²) < 4.78 is 44.0. The van der Waals surface area contributed by atoms with Gasteiger partial charge in [-0.15, -0.1) is 0 Å². The van der Waals surface area contributed by atoms with E-state index in [-0.39, 0.29) is 17.1 Å². The lowest BCUT2D eigenvalue weighted by atomic mass is 10.1. The smallest absolute Gasteiger partial charge is 0.416 e. The Bertz CT molecular complexity index is 986. The van der Waals surface area contributed by atoms with Crippen molar-refractivity contribution >= 4 is 29.2 Å². The second-order valence-electron chi connectivity index (χ2n) is 6.78. The summed E-state index contributed by atoms with van der Waals surface area (Å²) in [5.74, 6) is -2.24. The van der Waals surface area contributed by atoms with Gasteiger partial charge in [-0.3, -0.25) is 19.6 Å². The molecule has 30 heavy (non-hydrogen) atoms. The number of H-pyrrole nitrogens is 1. The Labute approximate surface area is 169 Å². The van der Waals surface area contributed by atoms with Crippen molar-refractivity contribution in [2.75, 3.05) is 16.8 Å². The van der Waals surface area contributed by atoms with Gasteiger partial charge >= 0.3 is 12.1 Å². The number of nitrogens with zero attached hydrogens (tertiary/aromatic N) is 2. The third kappa shape index (κ3) is 4.44. The van der Waals surface area contributed by atoms with Crippen molar-refractivity contribution in [2.24, 2.45) is 0 Å². The largest absolute Gasteiger partial charge is 0.448 e. The average molecular weight is 424 g/mol. The summed E-state index contributed by atoms with van der Waals surface area (Å²) in [5.41, 5.74) is -0.281. The number of halogens is 3. The number of aromatic amines is 1. The maximum atomic E-state index is 12.9. The second-order valence-corrected chi connectivity index (χ2v) is 6.78. The maximum absolute atomic E-state index is 12.9. The van der Waals surface area contributed by atoms with Crippen LogP contribution >= 0.6 is 0 Å². The first-order valence-electron chi connectivity index (χ1n) is 9.18. The van der Waals surface area contributed by atoms with E-state index in [4.69, 9.17) is 4.74 Å². The molecule has 2 aromatic rings. The Balaban J connectivity index is 1.77. The summed E-state index contributed by atoms with van der Waals surface area (Å²) in [5, 5.41) is 8.87. The van der Waals surface area contributed by atoms with E-state index < -0.39 is 42.2 Å². The van der Waals surface area contributed by atoms with E-state index in [1.54, 1.807) is 0 Å². The summed E-state index contributed by atoms with van der Waals surface area (Å²) in [7, 11) is 0. The van der Waals surface area contributed by atoms with Gasteiger partial charge in [-0.25, -0.2) is 4.79 Å². The van der Waals surface area contributed by atoms with Crippen LogP contribution in [0.5, 0.6) is 0 Å². The highest BCUT2D eigenvalue weighted by atomic mass is 19.4. The molecule has 2 N–H and O–H groups in total. The van der Waals surface area contributed by atoms with Crippen molar-refractivity contribution in [3.63, 3.8) is 0 Å². The summed E-state index contributed by atoms with van der Waals surface area (Å²) in [4.78, 5) is 37.9. The van der Waals surface area contributed by atoms with Gasteiger partial charge < -0.3 is 10.1 Å². The maximum Gasteiger partial charge on any atom is 0.416 e. The molecule has 0 aliphatic carbocycles. The lowest BCUT2D eigenvalue weighted by molar-refractivity contribution is -0.137. The molecule has 0 spiro atoms. The number of carbonyl (C=O) groups is 3. The zero-order valence-electron chi connectivity index (χ0n) is 16.2. The van der Waals surface area contributed by atoms with Crippen molar-refractivity contribution in [3.8, 4) is 0 Å². The highest BCUT2D eigenvalue weighted by molar-refractivity contribution is 6.11. The number of anilines is 2. The monoisotopic (exact) mass is 424 g/mol. The van der Waals surface area contributed by atoms with Crippen molar-refractivity contribution in [1.29, 1.82) is 0 Å². The summed E-state index contributed by atoms with van der Waals surface area (Å²) in [6.45, 7) is 2.86. The molecule has 1 aliphatic rings. The summed E-state index contributed by atoms with van der Waals surface area (Å²) in [6.07, 6.45) is -4.36. The van der Waals surface area contributed by atoms with Gasteiger partial charge in [0, 0.05) is 5.69 Å². The van der Waals surface area contributed by atoms with Crippen LogP contribution in [0.3, 0.4) is 0 Å². The normalized spacial score (nSPS) is 14.7. The van der Waals surface area contributed by atoms with Gasteiger partial charge in [0.1, 0.15) is 6.54 Å². The van der Waals surface area contributed by atoms with Crippen LogP contribution in [0.1, 0.15) is 42.0 Å². The number of esters is 1. The van der Waals surface area contributed by atoms with E-state index in [9.17, 15) is 27.6 Å². The molecular weight excluding hydrogens is 405 g/mol. The predicted octanol–water partition coefficient (Wildman–Crippen LogP) is 2.91. The molecule has 1 atom stereocenters. The Morgan fingerprint density at radius 3 is 2.70 bits per heavy atom. The molecule has 1 aliphatic heterocycles. The molecule has 1 aromatic heterocycles. The summed E-state index contributed by atoms with van der Waals surface area (Å²) >= 11 is 0. The minimum Gasteiger partial charge on any atom is -0.448 e. The molecule has 1 aromatic carbocycles. The van der Waals surface area contributed by atoms with Gasteiger partial charge in [0.25, 0.3) is 5.91 Å². The minimum atomic E-state index is -4.60. The fraction of sp³-hybridized carbons (Fsp3) is 0.368. The van der Waals surface area contributed by atoms with E-state index in [0.29, 0.717) is 6.42 Å². The molecular formula is C19H19F3N4O4. The lowest BCUT2D eigenvalue weighted by Crippen LogP contribution is -2.47. The SMILES string of the molecule is CCCc1cc(C(=O)OC(C)C(=O)N2CC(=O)Nc3cc(C(F)(F)F)ccc32)n[nH]1. The van der Waals surface area contributed by atoms with E-state index in [1.165, 1.54) is 13.0 Å². The molecule has 2 heterocycles. The predicted molar refractivity (Wildman–Crippen MR) is 99.9 cm³/mol. The molecule has 0 saturated heterocycles. The van der Waals surface area contributed by atoms with Crippen LogP contribution in [0, 0.1) is 0 Å². The number of benzene rings is 1. The van der Waals surface area contributed by atoms with Crippen molar-refractivity contribution in [2.45, 2.75) is 39.0 Å². The Kier molecular flexibility index (Phi) is 5.81. The topological polar surface area (TPSA) is 104 Å². The Morgan fingerprint density at radius 1 is 1.30 bits per heavy atom. The number of hydrogen-bond donors (Lipinski definition) is 2. The van der Waals surface area contributed by atoms with Gasteiger partial charge in [-0.1, -0.05) is 13.3 Å². The van der Waals surface area contributed by atoms with E-state index in [0.717, 1.165) is 35.2 Å². The molecule has 2 amide bonds. The third-order valence-corrected chi connectivity index (χ3v) is 4.45. The first kappa shape index (κ1) is 21.3. The Hall–Kier alpha value is -3.37. The molecule has 0 radical (unpaired) electrons. The molecule has 160 valence electrons. The number of alkyl halides is 3. The number of amides is 2. The number of nitrogens with one attached hydrogen (secondary N) is 2. The molecule has 0 fully saturated rings. The van der Waals surface area contributed by atoms with Crippen LogP contribution in [0.2, 0.25) is 0 Å². The molecule has 1 unspecified atom stereocenters. The lowest BCUT2D eigenvalue weighted by Gasteiger charge is -2.31. The van der Waals surface area contributed by atoms with Crippen LogP contribution in [0.25, 0.3) is 0 Å². The highest BCUT2D eigenvalue weighted by Crippen LogP contribution is 2.37. The molecule has 0 saturated carbocycles. The molecule has 0 bridgehead atoms. The number of carbonyl (C=O) groups excluding carboxylic acids is 3. The first-order valence-corrected chi connectivity index (χ1v) is 9.18. The Morgan fingerprint density at radius 2 is 2.03 bits per heavy atom. The van der Waals surface area contributed by atoms with Gasteiger partial charge in [0.2, 0.25) is 5.91 Å². The van der Waals surface area contributed by atoms with Crippen molar-refractivity contribution in [3.05, 3.63) is 41.2 Å². The van der Waals surface area contributed by atoms with Crippen LogP contribution in [-0.4, -0.2) is 40.6 Å². The number of fused-ring (bicyclic) bond motifs is 1. The summed E-state index contributed by atoms with van der Waals surface area (Å²) in [6, 6.07) is 4.18. The second kappa shape index (κ2) is 8.17. The zero-order chi connectivity index (χ0) is 22.1. The van der Waals surface area contributed by atoms with E-state index >= 15 is 0 Å². The molecule has 3 rings (SSSR count). The van der Waals surface area contributed by atoms with Gasteiger partial charge in [0.05, 0.1) is 16.9 Å². The fourth-order valence-electron chi connectivity index (χ4n) is 3.02. The first-order chi connectivity index (χ1) is 14.1. The molecule has 8 nitrogen and oxygen atoms in total. The van der Waals surface area contributed by atoms with Gasteiger partial charge in [0.15, 0.2) is 11.8 Å².